The molecule has 0 fully saturated rings. The number of hydrogen-bond acceptors (Lipinski definition) is 5. The number of carbonyl (C=O) groups is 2. The predicted octanol–water partition coefficient (Wildman–Crippen LogP) is 2.11. The zero-order valence-electron chi connectivity index (χ0n) is 9.98. The summed E-state index contributed by atoms with van der Waals surface area (Å²) in [5.41, 5.74) is 8.81. The van der Waals surface area contributed by atoms with Crippen LogP contribution in [0, 0.1) is 0 Å². The number of hydrogen-bond donors (Lipinski definition) is 1. The monoisotopic (exact) mass is 264 g/mol. The highest BCUT2D eigenvalue weighted by molar-refractivity contribution is 5.67. The highest BCUT2D eigenvalue weighted by atomic mass is 16.6. The Labute approximate surface area is 108 Å². The molecule has 0 spiro atoms. The van der Waals surface area contributed by atoms with Crippen molar-refractivity contribution in [1.82, 2.24) is 5.32 Å². The molecule has 100 valence electrons. The lowest BCUT2D eigenvalue weighted by Crippen LogP contribution is -2.25. The number of ether oxygens (including phenoxy) is 1. The number of carbonyl (C=O) groups excluding carboxylic acids is 2. The number of amides is 1. The molecule has 8 nitrogen and oxygen atoms in total. The maximum atomic E-state index is 11.2. The van der Waals surface area contributed by atoms with Crippen LogP contribution in [-0.4, -0.2) is 18.9 Å². The van der Waals surface area contributed by atoms with E-state index in [1.165, 1.54) is 0 Å². The first kappa shape index (κ1) is 14.3. The Kier molecular flexibility index (Phi) is 6.32. The molecule has 0 aliphatic heterocycles. The van der Waals surface area contributed by atoms with Gasteiger partial charge in [-0.15, -0.1) is 0 Å². The van der Waals surface area contributed by atoms with Gasteiger partial charge in [-0.3, -0.25) is 0 Å². The molecule has 0 radical (unpaired) electrons. The molecule has 8 heteroatoms. The van der Waals surface area contributed by atoms with Gasteiger partial charge in [-0.05, 0) is 23.2 Å². The second-order valence-electron chi connectivity index (χ2n) is 3.36. The van der Waals surface area contributed by atoms with Crippen LogP contribution in [0.3, 0.4) is 0 Å². The molecule has 19 heavy (non-hydrogen) atoms. The fourth-order valence-electron chi connectivity index (χ4n) is 1.15. The smallest absolute Gasteiger partial charge is 0.407 e. The van der Waals surface area contributed by atoms with E-state index in [0.717, 1.165) is 5.56 Å². The van der Waals surface area contributed by atoms with Gasteiger partial charge in [0, 0.05) is 17.9 Å². The summed E-state index contributed by atoms with van der Waals surface area (Å²) in [7, 11) is 0. The second kappa shape index (κ2) is 8.37. The van der Waals surface area contributed by atoms with E-state index in [4.69, 9.17) is 10.3 Å². The fourth-order valence-corrected chi connectivity index (χ4v) is 1.15. The van der Waals surface area contributed by atoms with E-state index in [0.29, 0.717) is 12.0 Å². The number of rotatable bonds is 7. The fraction of sp³-hybridized carbons (Fsp3) is 0.273. The van der Waals surface area contributed by atoms with Gasteiger partial charge in [0.15, 0.2) is 0 Å². The average Bonchev–Trinajstić information content (AvgIpc) is 2.44. The Morgan fingerprint density at radius 2 is 2.16 bits per heavy atom. The molecule has 0 saturated heterocycles. The standard InChI is InChI=1S/C11H12N4O4/c12-14-15-19-10-4-2-9(3-5-10)8-18-11(17)13-6-1-7-16/h2-5,7H,1,6,8H2,(H,13,17). The van der Waals surface area contributed by atoms with E-state index in [1.807, 2.05) is 0 Å². The topological polar surface area (TPSA) is 113 Å². The van der Waals surface area contributed by atoms with Gasteiger partial charge < -0.3 is 19.7 Å². The number of nitrogens with zero attached hydrogens (tertiary/aromatic N) is 3. The summed E-state index contributed by atoms with van der Waals surface area (Å²) < 4.78 is 4.91. The molecular weight excluding hydrogens is 252 g/mol. The van der Waals surface area contributed by atoms with Gasteiger partial charge in [-0.1, -0.05) is 12.1 Å². The molecule has 1 aromatic carbocycles. The summed E-state index contributed by atoms with van der Waals surface area (Å²) in [6.45, 7) is 0.343. The quantitative estimate of drug-likeness (QED) is 0.203. The highest BCUT2D eigenvalue weighted by Crippen LogP contribution is 2.13. The zero-order valence-corrected chi connectivity index (χ0v) is 9.98. The Bertz CT molecular complexity index is 468. The summed E-state index contributed by atoms with van der Waals surface area (Å²) in [5.74, 6) is 0.386. The summed E-state index contributed by atoms with van der Waals surface area (Å²) in [5, 5.41) is 5.37. The molecule has 0 bridgehead atoms. The molecule has 1 N–H and O–H groups in total. The van der Waals surface area contributed by atoms with Crippen molar-refractivity contribution in [3.63, 3.8) is 0 Å². The number of nitrogens with one attached hydrogen (secondary N) is 1. The van der Waals surface area contributed by atoms with E-state index in [1.54, 1.807) is 24.3 Å². The molecule has 0 unspecified atom stereocenters. The molecule has 0 aliphatic rings. The van der Waals surface area contributed by atoms with Gasteiger partial charge in [-0.2, -0.15) is 0 Å². The highest BCUT2D eigenvalue weighted by Gasteiger charge is 2.02. The third-order valence-corrected chi connectivity index (χ3v) is 2.01. The maximum Gasteiger partial charge on any atom is 0.407 e. The van der Waals surface area contributed by atoms with Crippen molar-refractivity contribution in [2.45, 2.75) is 13.0 Å². The first-order chi connectivity index (χ1) is 9.26. The van der Waals surface area contributed by atoms with Crippen LogP contribution in [0.15, 0.2) is 29.5 Å². The summed E-state index contributed by atoms with van der Waals surface area (Å²) in [6.07, 6.45) is 0.375. The molecule has 0 aliphatic carbocycles. The lowest BCUT2D eigenvalue weighted by atomic mass is 10.2. The first-order valence-electron chi connectivity index (χ1n) is 5.41. The van der Waals surface area contributed by atoms with Crippen LogP contribution in [0.2, 0.25) is 0 Å². The van der Waals surface area contributed by atoms with Gasteiger partial charge >= 0.3 is 6.09 Å². The summed E-state index contributed by atoms with van der Waals surface area (Å²) in [6, 6.07) is 6.50. The van der Waals surface area contributed by atoms with Crippen molar-refractivity contribution in [3.05, 3.63) is 40.3 Å². The Balaban J connectivity index is 2.34. The van der Waals surface area contributed by atoms with Crippen molar-refractivity contribution in [1.29, 1.82) is 0 Å². The molecule has 0 atom stereocenters. The third-order valence-electron chi connectivity index (χ3n) is 2.01. The van der Waals surface area contributed by atoms with Crippen LogP contribution in [0.4, 0.5) is 4.79 Å². The first-order valence-corrected chi connectivity index (χ1v) is 5.41. The van der Waals surface area contributed by atoms with Crippen molar-refractivity contribution in [2.24, 2.45) is 5.28 Å². The largest absolute Gasteiger partial charge is 0.445 e. The number of azide groups is 1. The summed E-state index contributed by atoms with van der Waals surface area (Å²) >= 11 is 0. The predicted molar refractivity (Wildman–Crippen MR) is 65.1 cm³/mol. The van der Waals surface area contributed by atoms with E-state index < -0.39 is 6.09 Å². The molecular formula is C11H12N4O4. The number of benzene rings is 1. The van der Waals surface area contributed by atoms with Crippen LogP contribution in [-0.2, 0) is 16.1 Å². The van der Waals surface area contributed by atoms with Crippen molar-refractivity contribution < 1.29 is 19.2 Å². The average molecular weight is 264 g/mol. The van der Waals surface area contributed by atoms with E-state index in [-0.39, 0.29) is 19.6 Å². The Hall–Kier alpha value is -2.73. The lowest BCUT2D eigenvalue weighted by molar-refractivity contribution is -0.107. The SMILES string of the molecule is [N-]=[N+]=NOc1ccc(COC(=O)NCCC=O)cc1. The van der Waals surface area contributed by atoms with Gasteiger partial charge in [0.2, 0.25) is 0 Å². The minimum Gasteiger partial charge on any atom is -0.445 e. The van der Waals surface area contributed by atoms with Crippen LogP contribution >= 0.6 is 0 Å². The van der Waals surface area contributed by atoms with E-state index in [9.17, 15) is 9.59 Å². The van der Waals surface area contributed by atoms with Gasteiger partial charge in [0.1, 0.15) is 23.9 Å². The van der Waals surface area contributed by atoms with Gasteiger partial charge in [0.25, 0.3) is 0 Å². The lowest BCUT2D eigenvalue weighted by Gasteiger charge is -2.06. The second-order valence-corrected chi connectivity index (χ2v) is 3.36. The van der Waals surface area contributed by atoms with Crippen molar-refractivity contribution in [3.8, 4) is 5.75 Å². The van der Waals surface area contributed by atoms with Crippen molar-refractivity contribution >= 4 is 12.4 Å². The minimum atomic E-state index is -0.587. The van der Waals surface area contributed by atoms with Crippen LogP contribution < -0.4 is 10.2 Å². The minimum absolute atomic E-state index is 0.0920. The van der Waals surface area contributed by atoms with Crippen molar-refractivity contribution in [2.75, 3.05) is 6.54 Å². The number of alkyl carbamates (subject to hydrolysis) is 1. The molecule has 0 saturated carbocycles. The maximum absolute atomic E-state index is 11.2. The van der Waals surface area contributed by atoms with E-state index in [2.05, 4.69) is 20.3 Å². The van der Waals surface area contributed by atoms with Gasteiger partial charge in [0.05, 0.1) is 0 Å². The molecule has 1 rings (SSSR count). The summed E-state index contributed by atoms with van der Waals surface area (Å²) in [4.78, 5) is 28.3. The molecule has 0 heterocycles. The van der Waals surface area contributed by atoms with Crippen LogP contribution in [0.25, 0.3) is 10.4 Å². The number of aldehydes is 1. The zero-order chi connectivity index (χ0) is 13.9. The van der Waals surface area contributed by atoms with E-state index >= 15 is 0 Å². The van der Waals surface area contributed by atoms with Gasteiger partial charge in [-0.25, -0.2) is 4.79 Å². The molecule has 1 amide bonds. The van der Waals surface area contributed by atoms with Crippen LogP contribution in [0.5, 0.6) is 5.75 Å². The molecule has 1 aromatic rings. The Morgan fingerprint density at radius 1 is 1.42 bits per heavy atom. The Morgan fingerprint density at radius 3 is 2.79 bits per heavy atom. The normalized spacial score (nSPS) is 9.05. The van der Waals surface area contributed by atoms with Crippen LogP contribution in [0.1, 0.15) is 12.0 Å². The third kappa shape index (κ3) is 5.94. The molecule has 0 aromatic heterocycles.